The standard InChI is InChI=1S/C20H25N3O4/c1-12(2)18-21-19(27-22-18)14-9-23(10-14)16(24)11-25-15-7-5-6-13-8-20(3,4)26-17(13)15/h5-7,12,14H,8-11H2,1-4H3. The normalized spacial score (nSPS) is 18.2. The molecule has 0 aliphatic carbocycles. The van der Waals surface area contributed by atoms with Crippen molar-refractivity contribution in [1.29, 1.82) is 0 Å². The predicted molar refractivity (Wildman–Crippen MR) is 98.1 cm³/mol. The second kappa shape index (κ2) is 6.55. The fraction of sp³-hybridized carbons (Fsp3) is 0.550. The Bertz CT molecular complexity index is 853. The maximum Gasteiger partial charge on any atom is 0.260 e. The predicted octanol–water partition coefficient (Wildman–Crippen LogP) is 2.91. The number of ether oxygens (including phenoxy) is 2. The number of amides is 1. The van der Waals surface area contributed by atoms with E-state index in [4.69, 9.17) is 14.0 Å². The van der Waals surface area contributed by atoms with E-state index in [0.717, 1.165) is 17.7 Å². The quantitative estimate of drug-likeness (QED) is 0.804. The highest BCUT2D eigenvalue weighted by Gasteiger charge is 2.36. The minimum atomic E-state index is -0.241. The van der Waals surface area contributed by atoms with Gasteiger partial charge in [-0.15, -0.1) is 0 Å². The molecule has 4 rings (SSSR count). The molecule has 144 valence electrons. The van der Waals surface area contributed by atoms with Gasteiger partial charge in [-0.25, -0.2) is 0 Å². The molecule has 7 nitrogen and oxygen atoms in total. The third-order valence-corrected chi connectivity index (χ3v) is 4.96. The number of fused-ring (bicyclic) bond motifs is 1. The van der Waals surface area contributed by atoms with Crippen LogP contribution in [0.5, 0.6) is 11.5 Å². The zero-order chi connectivity index (χ0) is 19.2. The first-order chi connectivity index (χ1) is 12.8. The number of nitrogens with zero attached hydrogens (tertiary/aromatic N) is 3. The second-order valence-corrected chi connectivity index (χ2v) is 8.21. The summed E-state index contributed by atoms with van der Waals surface area (Å²) in [6.07, 6.45) is 0.837. The van der Waals surface area contributed by atoms with Gasteiger partial charge in [0.25, 0.3) is 5.91 Å². The SMILES string of the molecule is CC(C)c1noc(C2CN(C(=O)COc3cccc4c3OC(C)(C)C4)C2)n1. The molecule has 3 heterocycles. The van der Waals surface area contributed by atoms with Crippen LogP contribution in [0.25, 0.3) is 0 Å². The molecule has 7 heteroatoms. The zero-order valence-electron chi connectivity index (χ0n) is 16.2. The van der Waals surface area contributed by atoms with E-state index in [1.807, 2.05) is 45.9 Å². The summed E-state index contributed by atoms with van der Waals surface area (Å²) in [7, 11) is 0. The van der Waals surface area contributed by atoms with E-state index in [1.54, 1.807) is 4.90 Å². The van der Waals surface area contributed by atoms with Crippen LogP contribution >= 0.6 is 0 Å². The fourth-order valence-corrected chi connectivity index (χ4v) is 3.42. The molecule has 0 saturated carbocycles. The molecule has 2 aliphatic rings. The molecule has 1 aromatic heterocycles. The van der Waals surface area contributed by atoms with Crippen molar-refractivity contribution < 1.29 is 18.8 Å². The van der Waals surface area contributed by atoms with Gasteiger partial charge in [-0.2, -0.15) is 4.98 Å². The Hall–Kier alpha value is -2.57. The number of rotatable bonds is 5. The van der Waals surface area contributed by atoms with Crippen molar-refractivity contribution in [3.8, 4) is 11.5 Å². The summed E-state index contributed by atoms with van der Waals surface area (Å²) in [5.74, 6) is 2.99. The monoisotopic (exact) mass is 371 g/mol. The first-order valence-electron chi connectivity index (χ1n) is 9.37. The lowest BCUT2D eigenvalue weighted by molar-refractivity contribution is -0.138. The highest BCUT2D eigenvalue weighted by atomic mass is 16.5. The summed E-state index contributed by atoms with van der Waals surface area (Å²) in [5.41, 5.74) is 0.876. The largest absolute Gasteiger partial charge is 0.483 e. The van der Waals surface area contributed by atoms with Crippen LogP contribution in [0.4, 0.5) is 0 Å². The van der Waals surface area contributed by atoms with Gasteiger partial charge in [-0.05, 0) is 19.9 Å². The molecular formula is C20H25N3O4. The van der Waals surface area contributed by atoms with Crippen LogP contribution in [0.3, 0.4) is 0 Å². The van der Waals surface area contributed by atoms with E-state index in [1.165, 1.54) is 0 Å². The zero-order valence-corrected chi connectivity index (χ0v) is 16.2. The maximum atomic E-state index is 12.4. The lowest BCUT2D eigenvalue weighted by atomic mass is 10.00. The Kier molecular flexibility index (Phi) is 4.32. The van der Waals surface area contributed by atoms with Crippen molar-refractivity contribution in [2.24, 2.45) is 0 Å². The van der Waals surface area contributed by atoms with Crippen LogP contribution < -0.4 is 9.47 Å². The molecule has 1 amide bonds. The summed E-state index contributed by atoms with van der Waals surface area (Å²) in [5, 5.41) is 3.98. The van der Waals surface area contributed by atoms with Gasteiger partial charge in [-0.1, -0.05) is 31.1 Å². The molecule has 0 N–H and O–H groups in total. The van der Waals surface area contributed by atoms with E-state index in [2.05, 4.69) is 10.1 Å². The lowest BCUT2D eigenvalue weighted by Gasteiger charge is -2.36. The van der Waals surface area contributed by atoms with Crippen molar-refractivity contribution in [2.45, 2.75) is 51.6 Å². The third-order valence-electron chi connectivity index (χ3n) is 4.96. The van der Waals surface area contributed by atoms with E-state index in [-0.39, 0.29) is 30.0 Å². The number of para-hydroxylation sites is 1. The van der Waals surface area contributed by atoms with Crippen LogP contribution in [0.15, 0.2) is 22.7 Å². The average molecular weight is 371 g/mol. The van der Waals surface area contributed by atoms with Crippen LogP contribution in [0.1, 0.15) is 56.8 Å². The fourth-order valence-electron chi connectivity index (χ4n) is 3.42. The summed E-state index contributed by atoms with van der Waals surface area (Å²) in [6.45, 7) is 9.29. The van der Waals surface area contributed by atoms with Gasteiger partial charge in [0.1, 0.15) is 5.60 Å². The molecule has 0 bridgehead atoms. The van der Waals surface area contributed by atoms with Gasteiger partial charge < -0.3 is 18.9 Å². The number of hydrogen-bond acceptors (Lipinski definition) is 6. The second-order valence-electron chi connectivity index (χ2n) is 8.21. The van der Waals surface area contributed by atoms with Crippen molar-refractivity contribution in [1.82, 2.24) is 15.0 Å². The third kappa shape index (κ3) is 3.50. The molecular weight excluding hydrogens is 346 g/mol. The summed E-state index contributed by atoms with van der Waals surface area (Å²) in [6, 6.07) is 5.82. The Morgan fingerprint density at radius 1 is 1.37 bits per heavy atom. The van der Waals surface area contributed by atoms with Crippen molar-refractivity contribution in [2.75, 3.05) is 19.7 Å². The van der Waals surface area contributed by atoms with E-state index in [0.29, 0.717) is 30.6 Å². The molecule has 0 atom stereocenters. The summed E-state index contributed by atoms with van der Waals surface area (Å²) in [4.78, 5) is 18.6. The summed E-state index contributed by atoms with van der Waals surface area (Å²) >= 11 is 0. The Morgan fingerprint density at radius 3 is 2.85 bits per heavy atom. The molecule has 1 fully saturated rings. The summed E-state index contributed by atoms with van der Waals surface area (Å²) < 4.78 is 17.1. The van der Waals surface area contributed by atoms with E-state index >= 15 is 0 Å². The van der Waals surface area contributed by atoms with Gasteiger partial charge in [0.05, 0.1) is 5.92 Å². The van der Waals surface area contributed by atoms with Crippen molar-refractivity contribution in [3.63, 3.8) is 0 Å². The number of aromatic nitrogens is 2. The van der Waals surface area contributed by atoms with Crippen LogP contribution in [0.2, 0.25) is 0 Å². The molecule has 2 aliphatic heterocycles. The number of benzene rings is 1. The van der Waals surface area contributed by atoms with E-state index < -0.39 is 0 Å². The molecule has 0 radical (unpaired) electrons. The van der Waals surface area contributed by atoms with Crippen LogP contribution in [-0.2, 0) is 11.2 Å². The smallest absolute Gasteiger partial charge is 0.260 e. The number of carbonyl (C=O) groups excluding carboxylic acids is 1. The first kappa shape index (κ1) is 17.8. The first-order valence-corrected chi connectivity index (χ1v) is 9.37. The molecule has 1 aromatic carbocycles. The number of carbonyl (C=O) groups is 1. The maximum absolute atomic E-state index is 12.4. The van der Waals surface area contributed by atoms with Gasteiger partial charge in [-0.3, -0.25) is 4.79 Å². The lowest BCUT2D eigenvalue weighted by Crippen LogP contribution is -2.50. The number of likely N-dealkylation sites (tertiary alicyclic amines) is 1. The molecule has 2 aromatic rings. The van der Waals surface area contributed by atoms with Gasteiger partial charge in [0, 0.05) is 31.0 Å². The van der Waals surface area contributed by atoms with Crippen molar-refractivity contribution in [3.05, 3.63) is 35.5 Å². The number of hydrogen-bond donors (Lipinski definition) is 0. The Morgan fingerprint density at radius 2 is 2.15 bits per heavy atom. The Balaban J connectivity index is 1.31. The minimum absolute atomic E-state index is 0.00591. The van der Waals surface area contributed by atoms with Crippen LogP contribution in [0, 0.1) is 0 Å². The van der Waals surface area contributed by atoms with Gasteiger partial charge >= 0.3 is 0 Å². The van der Waals surface area contributed by atoms with Crippen LogP contribution in [-0.4, -0.2) is 46.2 Å². The van der Waals surface area contributed by atoms with Crippen molar-refractivity contribution >= 4 is 5.91 Å². The molecule has 1 saturated heterocycles. The highest BCUT2D eigenvalue weighted by Crippen LogP contribution is 2.41. The molecule has 0 spiro atoms. The van der Waals surface area contributed by atoms with E-state index in [9.17, 15) is 4.79 Å². The van der Waals surface area contributed by atoms with Gasteiger partial charge in [0.2, 0.25) is 5.89 Å². The topological polar surface area (TPSA) is 77.7 Å². The molecule has 0 unspecified atom stereocenters. The Labute approximate surface area is 158 Å². The minimum Gasteiger partial charge on any atom is -0.483 e. The average Bonchev–Trinajstić information content (AvgIpc) is 3.14. The molecule has 27 heavy (non-hydrogen) atoms. The van der Waals surface area contributed by atoms with Gasteiger partial charge in [0.15, 0.2) is 23.9 Å². The highest BCUT2D eigenvalue weighted by molar-refractivity contribution is 5.79.